The summed E-state index contributed by atoms with van der Waals surface area (Å²) in [6.45, 7) is 4.64. The van der Waals surface area contributed by atoms with E-state index in [9.17, 15) is 9.59 Å². The van der Waals surface area contributed by atoms with Crippen LogP contribution in [0.4, 0.5) is 11.4 Å². The van der Waals surface area contributed by atoms with Crippen LogP contribution in [0.5, 0.6) is 0 Å². The predicted molar refractivity (Wildman–Crippen MR) is 101 cm³/mol. The molecule has 1 fully saturated rings. The Morgan fingerprint density at radius 3 is 2.36 bits per heavy atom. The maximum atomic E-state index is 12.5. The number of benzene rings is 2. The van der Waals surface area contributed by atoms with Crippen LogP contribution >= 0.6 is 11.6 Å². The van der Waals surface area contributed by atoms with Gasteiger partial charge in [0.15, 0.2) is 0 Å². The first-order chi connectivity index (χ1) is 11.9. The zero-order valence-corrected chi connectivity index (χ0v) is 15.1. The Balaban J connectivity index is 1.65. The molecule has 1 heterocycles. The van der Waals surface area contributed by atoms with Crippen LogP contribution in [0.2, 0.25) is 5.02 Å². The Labute approximate surface area is 152 Å². The van der Waals surface area contributed by atoms with Gasteiger partial charge in [0.05, 0.1) is 5.92 Å². The lowest BCUT2D eigenvalue weighted by Crippen LogP contribution is -2.28. The molecule has 5 heteroatoms. The summed E-state index contributed by atoms with van der Waals surface area (Å²) in [5.74, 6) is -0.0715. The summed E-state index contributed by atoms with van der Waals surface area (Å²) in [6, 6.07) is 14.9. The zero-order chi connectivity index (χ0) is 18.0. The highest BCUT2D eigenvalue weighted by Gasteiger charge is 2.35. The van der Waals surface area contributed by atoms with Gasteiger partial charge in [-0.2, -0.15) is 0 Å². The van der Waals surface area contributed by atoms with E-state index < -0.39 is 0 Å². The van der Waals surface area contributed by atoms with Crippen LogP contribution < -0.4 is 10.2 Å². The molecule has 0 saturated carbocycles. The predicted octanol–water partition coefficient (Wildman–Crippen LogP) is 4.46. The lowest BCUT2D eigenvalue weighted by molar-refractivity contribution is -0.122. The second kappa shape index (κ2) is 7.28. The highest BCUT2D eigenvalue weighted by Crippen LogP contribution is 2.27. The first kappa shape index (κ1) is 17.5. The van der Waals surface area contributed by atoms with Gasteiger partial charge in [-0.3, -0.25) is 9.59 Å². The van der Waals surface area contributed by atoms with Gasteiger partial charge in [0, 0.05) is 29.4 Å². The minimum Gasteiger partial charge on any atom is -0.326 e. The second-order valence-corrected chi connectivity index (χ2v) is 7.08. The number of amides is 2. The van der Waals surface area contributed by atoms with Gasteiger partial charge in [0.1, 0.15) is 0 Å². The Bertz CT molecular complexity index is 769. The highest BCUT2D eigenvalue weighted by molar-refractivity contribution is 6.30. The summed E-state index contributed by atoms with van der Waals surface area (Å²) < 4.78 is 0. The lowest BCUT2D eigenvalue weighted by atomic mass is 10.0. The maximum Gasteiger partial charge on any atom is 0.229 e. The molecule has 0 spiro atoms. The average Bonchev–Trinajstić information content (AvgIpc) is 2.98. The normalized spacial score (nSPS) is 17.2. The van der Waals surface area contributed by atoms with Crippen LogP contribution in [0, 0.1) is 5.92 Å². The molecule has 1 aliphatic heterocycles. The van der Waals surface area contributed by atoms with Gasteiger partial charge < -0.3 is 10.2 Å². The van der Waals surface area contributed by atoms with Crippen molar-refractivity contribution in [2.45, 2.75) is 26.2 Å². The summed E-state index contributed by atoms with van der Waals surface area (Å²) >= 11 is 5.89. The van der Waals surface area contributed by atoms with Crippen LogP contribution in [0.3, 0.4) is 0 Å². The molecule has 0 aliphatic carbocycles. The summed E-state index contributed by atoms with van der Waals surface area (Å²) in [6.07, 6.45) is 0.221. The van der Waals surface area contributed by atoms with E-state index in [1.54, 1.807) is 29.2 Å². The van der Waals surface area contributed by atoms with Crippen molar-refractivity contribution in [2.24, 2.45) is 5.92 Å². The fraction of sp³-hybridized carbons (Fsp3) is 0.300. The molecule has 2 aromatic carbocycles. The molecule has 0 unspecified atom stereocenters. The van der Waals surface area contributed by atoms with E-state index in [2.05, 4.69) is 19.2 Å². The van der Waals surface area contributed by atoms with Crippen LogP contribution in [0.1, 0.15) is 31.7 Å². The molecule has 1 saturated heterocycles. The van der Waals surface area contributed by atoms with Crippen molar-refractivity contribution >= 4 is 34.8 Å². The van der Waals surface area contributed by atoms with Crippen LogP contribution in [0.25, 0.3) is 0 Å². The Hall–Kier alpha value is -2.33. The van der Waals surface area contributed by atoms with E-state index in [4.69, 9.17) is 11.6 Å². The lowest BCUT2D eigenvalue weighted by Gasteiger charge is -2.17. The molecular weight excluding hydrogens is 336 g/mol. The van der Waals surface area contributed by atoms with E-state index in [0.29, 0.717) is 17.5 Å². The molecule has 2 aromatic rings. The van der Waals surface area contributed by atoms with E-state index in [0.717, 1.165) is 11.4 Å². The Morgan fingerprint density at radius 1 is 1.12 bits per heavy atom. The molecule has 25 heavy (non-hydrogen) atoms. The molecular formula is C20H21ClN2O2. The number of carbonyl (C=O) groups excluding carboxylic acids is 2. The molecule has 3 rings (SSSR count). The van der Waals surface area contributed by atoms with E-state index in [1.165, 1.54) is 5.56 Å². The third-order valence-electron chi connectivity index (χ3n) is 4.48. The maximum absolute atomic E-state index is 12.5. The fourth-order valence-corrected chi connectivity index (χ4v) is 3.08. The number of nitrogens with zero attached hydrogens (tertiary/aromatic N) is 1. The average molecular weight is 357 g/mol. The van der Waals surface area contributed by atoms with Gasteiger partial charge in [-0.1, -0.05) is 37.6 Å². The van der Waals surface area contributed by atoms with E-state index in [1.807, 2.05) is 24.3 Å². The Morgan fingerprint density at radius 2 is 1.76 bits per heavy atom. The van der Waals surface area contributed by atoms with Crippen LogP contribution in [-0.4, -0.2) is 18.4 Å². The SMILES string of the molecule is CC(C)c1ccc(NC(=O)[C@@H]2CC(=O)N(c3ccc(Cl)cc3)C2)cc1. The molecule has 1 aliphatic rings. The third kappa shape index (κ3) is 4.02. The van der Waals surface area contributed by atoms with Crippen molar-refractivity contribution in [1.82, 2.24) is 0 Å². The fourth-order valence-electron chi connectivity index (χ4n) is 2.95. The van der Waals surface area contributed by atoms with Gasteiger partial charge in [-0.15, -0.1) is 0 Å². The van der Waals surface area contributed by atoms with Gasteiger partial charge >= 0.3 is 0 Å². The number of hydrogen-bond donors (Lipinski definition) is 1. The van der Waals surface area contributed by atoms with Crippen molar-refractivity contribution in [3.05, 3.63) is 59.1 Å². The van der Waals surface area contributed by atoms with Crippen molar-refractivity contribution in [1.29, 1.82) is 0 Å². The monoisotopic (exact) mass is 356 g/mol. The summed E-state index contributed by atoms with van der Waals surface area (Å²) in [5.41, 5.74) is 2.75. The summed E-state index contributed by atoms with van der Waals surface area (Å²) in [5, 5.41) is 3.53. The van der Waals surface area contributed by atoms with E-state index in [-0.39, 0.29) is 24.2 Å². The van der Waals surface area contributed by atoms with Crippen LogP contribution in [0.15, 0.2) is 48.5 Å². The second-order valence-electron chi connectivity index (χ2n) is 6.65. The number of rotatable bonds is 4. The smallest absolute Gasteiger partial charge is 0.229 e. The number of nitrogens with one attached hydrogen (secondary N) is 1. The molecule has 1 N–H and O–H groups in total. The van der Waals surface area contributed by atoms with Crippen molar-refractivity contribution < 1.29 is 9.59 Å². The highest BCUT2D eigenvalue weighted by atomic mass is 35.5. The van der Waals surface area contributed by atoms with Gasteiger partial charge in [0.2, 0.25) is 11.8 Å². The molecule has 130 valence electrons. The molecule has 1 atom stereocenters. The molecule has 4 nitrogen and oxygen atoms in total. The number of carbonyl (C=O) groups is 2. The van der Waals surface area contributed by atoms with Gasteiger partial charge in [-0.05, 0) is 47.9 Å². The zero-order valence-electron chi connectivity index (χ0n) is 14.3. The first-order valence-electron chi connectivity index (χ1n) is 8.41. The summed E-state index contributed by atoms with van der Waals surface area (Å²) in [4.78, 5) is 26.4. The topological polar surface area (TPSA) is 49.4 Å². The molecule has 2 amide bonds. The van der Waals surface area contributed by atoms with Crippen molar-refractivity contribution in [3.63, 3.8) is 0 Å². The quantitative estimate of drug-likeness (QED) is 0.879. The summed E-state index contributed by atoms with van der Waals surface area (Å²) in [7, 11) is 0. The molecule has 0 aromatic heterocycles. The molecule has 0 bridgehead atoms. The largest absolute Gasteiger partial charge is 0.326 e. The number of halogens is 1. The van der Waals surface area contributed by atoms with Gasteiger partial charge in [0.25, 0.3) is 0 Å². The van der Waals surface area contributed by atoms with Crippen molar-refractivity contribution in [3.8, 4) is 0 Å². The minimum absolute atomic E-state index is 0.0439. The van der Waals surface area contributed by atoms with Crippen LogP contribution in [-0.2, 0) is 9.59 Å². The van der Waals surface area contributed by atoms with Gasteiger partial charge in [-0.25, -0.2) is 0 Å². The molecule has 0 radical (unpaired) electrons. The standard InChI is InChI=1S/C20H21ClN2O2/c1-13(2)14-3-7-17(8-4-14)22-20(25)15-11-19(24)23(12-15)18-9-5-16(21)6-10-18/h3-10,13,15H,11-12H2,1-2H3,(H,22,25)/t15-/m1/s1. The van der Waals surface area contributed by atoms with E-state index >= 15 is 0 Å². The minimum atomic E-state index is -0.354. The Kier molecular flexibility index (Phi) is 5.09. The van der Waals surface area contributed by atoms with Crippen molar-refractivity contribution in [2.75, 3.05) is 16.8 Å². The third-order valence-corrected chi connectivity index (χ3v) is 4.73. The number of hydrogen-bond acceptors (Lipinski definition) is 2. The first-order valence-corrected chi connectivity index (χ1v) is 8.78. The number of anilines is 2.